The topological polar surface area (TPSA) is 50.9 Å². The van der Waals surface area contributed by atoms with Gasteiger partial charge in [0.2, 0.25) is 0 Å². The maximum absolute atomic E-state index is 5.66. The summed E-state index contributed by atoms with van der Waals surface area (Å²) < 4.78 is 0. The lowest BCUT2D eigenvalue weighted by Crippen LogP contribution is -2.27. The zero-order valence-electron chi connectivity index (χ0n) is 10.9. The van der Waals surface area contributed by atoms with Crippen LogP contribution in [0.5, 0.6) is 0 Å². The minimum atomic E-state index is 0.0687. The molecule has 2 rings (SSSR count). The maximum Gasteiger partial charge on any atom is 0.125 e. The second-order valence-electron chi connectivity index (χ2n) is 5.07. The third kappa shape index (κ3) is 3.00. The van der Waals surface area contributed by atoms with Crippen molar-refractivity contribution < 1.29 is 0 Å². The Bertz CT molecular complexity index is 506. The van der Waals surface area contributed by atoms with Crippen LogP contribution in [0.15, 0.2) is 48.7 Å². The molecule has 3 N–H and O–H groups in total. The summed E-state index contributed by atoms with van der Waals surface area (Å²) in [7, 11) is 0. The monoisotopic (exact) mass is 241 g/mol. The van der Waals surface area contributed by atoms with E-state index in [4.69, 9.17) is 5.73 Å². The summed E-state index contributed by atoms with van der Waals surface area (Å²) in [5.41, 5.74) is 8.05. The number of rotatable bonds is 4. The van der Waals surface area contributed by atoms with Crippen molar-refractivity contribution >= 4 is 11.5 Å². The van der Waals surface area contributed by atoms with E-state index < -0.39 is 0 Å². The van der Waals surface area contributed by atoms with E-state index in [1.165, 1.54) is 5.56 Å². The van der Waals surface area contributed by atoms with E-state index in [0.29, 0.717) is 5.82 Å². The molecule has 1 aromatic heterocycles. The molecule has 0 saturated heterocycles. The number of pyridine rings is 1. The van der Waals surface area contributed by atoms with Crippen LogP contribution in [-0.4, -0.2) is 11.5 Å². The molecule has 1 aromatic carbocycles. The van der Waals surface area contributed by atoms with E-state index in [1.54, 1.807) is 6.20 Å². The fourth-order valence-corrected chi connectivity index (χ4v) is 1.87. The van der Waals surface area contributed by atoms with Crippen molar-refractivity contribution in [2.24, 2.45) is 0 Å². The molecule has 3 nitrogen and oxygen atoms in total. The summed E-state index contributed by atoms with van der Waals surface area (Å²) in [5, 5.41) is 3.40. The summed E-state index contributed by atoms with van der Waals surface area (Å²) >= 11 is 0. The van der Waals surface area contributed by atoms with E-state index in [1.807, 2.05) is 18.2 Å². The van der Waals surface area contributed by atoms with Gasteiger partial charge in [0.05, 0.1) is 0 Å². The Labute approximate surface area is 108 Å². The first-order valence-corrected chi connectivity index (χ1v) is 6.09. The third-order valence-corrected chi connectivity index (χ3v) is 3.07. The van der Waals surface area contributed by atoms with Gasteiger partial charge in [0.15, 0.2) is 0 Å². The Morgan fingerprint density at radius 2 is 1.89 bits per heavy atom. The summed E-state index contributed by atoms with van der Waals surface area (Å²) in [5.74, 6) is 0.539. The van der Waals surface area contributed by atoms with Gasteiger partial charge in [-0.3, -0.25) is 0 Å². The molecule has 0 spiro atoms. The van der Waals surface area contributed by atoms with Crippen LogP contribution in [0.3, 0.4) is 0 Å². The highest BCUT2D eigenvalue weighted by Crippen LogP contribution is 2.23. The zero-order valence-corrected chi connectivity index (χ0v) is 10.9. The lowest BCUT2D eigenvalue weighted by molar-refractivity contribution is 0.557. The van der Waals surface area contributed by atoms with Gasteiger partial charge in [-0.25, -0.2) is 4.98 Å². The number of nitrogens with two attached hydrogens (primary N) is 1. The van der Waals surface area contributed by atoms with Gasteiger partial charge < -0.3 is 11.1 Å². The van der Waals surface area contributed by atoms with Crippen molar-refractivity contribution in [1.29, 1.82) is 0 Å². The molecular weight excluding hydrogens is 222 g/mol. The Hall–Kier alpha value is -2.03. The van der Waals surface area contributed by atoms with Gasteiger partial charge in [0.1, 0.15) is 5.82 Å². The number of nitrogens with zero attached hydrogens (tertiary/aromatic N) is 1. The molecule has 18 heavy (non-hydrogen) atoms. The highest BCUT2D eigenvalue weighted by Gasteiger charge is 2.19. The van der Waals surface area contributed by atoms with E-state index in [-0.39, 0.29) is 5.41 Å². The van der Waals surface area contributed by atoms with Crippen LogP contribution >= 0.6 is 0 Å². The van der Waals surface area contributed by atoms with Crippen molar-refractivity contribution in [2.75, 3.05) is 17.6 Å². The predicted octanol–water partition coefficient (Wildman–Crippen LogP) is 3.05. The SMILES string of the molecule is CC(C)(CNc1ccnc(N)c1)c1ccccc1. The molecule has 0 aliphatic heterocycles. The van der Waals surface area contributed by atoms with Gasteiger partial charge in [0, 0.05) is 29.9 Å². The summed E-state index contributed by atoms with van der Waals surface area (Å²) in [4.78, 5) is 3.98. The van der Waals surface area contributed by atoms with Gasteiger partial charge in [-0.05, 0) is 11.6 Å². The molecular formula is C15H19N3. The van der Waals surface area contributed by atoms with E-state index in [9.17, 15) is 0 Å². The fourth-order valence-electron chi connectivity index (χ4n) is 1.87. The van der Waals surface area contributed by atoms with Crippen molar-refractivity contribution in [3.05, 3.63) is 54.2 Å². The largest absolute Gasteiger partial charge is 0.384 e. The molecule has 0 atom stereocenters. The van der Waals surface area contributed by atoms with Crippen LogP contribution in [-0.2, 0) is 5.41 Å². The normalized spacial score (nSPS) is 11.2. The standard InChI is InChI=1S/C15H19N3/c1-15(2,12-6-4-3-5-7-12)11-18-13-8-9-17-14(16)10-13/h3-10H,11H2,1-2H3,(H3,16,17,18). The van der Waals surface area contributed by atoms with E-state index >= 15 is 0 Å². The predicted molar refractivity (Wildman–Crippen MR) is 76.6 cm³/mol. The van der Waals surface area contributed by atoms with Crippen molar-refractivity contribution in [3.63, 3.8) is 0 Å². The lowest BCUT2D eigenvalue weighted by atomic mass is 9.84. The Morgan fingerprint density at radius 1 is 1.17 bits per heavy atom. The molecule has 0 bridgehead atoms. The summed E-state index contributed by atoms with van der Waals surface area (Å²) in [6, 6.07) is 14.3. The number of hydrogen-bond donors (Lipinski definition) is 2. The van der Waals surface area contributed by atoms with Crippen molar-refractivity contribution in [3.8, 4) is 0 Å². The van der Waals surface area contributed by atoms with E-state index in [0.717, 1.165) is 12.2 Å². The molecule has 2 aromatic rings. The Kier molecular flexibility index (Phi) is 3.51. The average molecular weight is 241 g/mol. The molecule has 0 saturated carbocycles. The number of benzene rings is 1. The van der Waals surface area contributed by atoms with Gasteiger partial charge in [-0.1, -0.05) is 44.2 Å². The number of anilines is 2. The number of aromatic nitrogens is 1. The number of nitrogen functional groups attached to an aromatic ring is 1. The Balaban J connectivity index is 2.05. The average Bonchev–Trinajstić information content (AvgIpc) is 2.38. The highest BCUT2D eigenvalue weighted by atomic mass is 14.9. The van der Waals surface area contributed by atoms with Crippen LogP contribution in [0.25, 0.3) is 0 Å². The quantitative estimate of drug-likeness (QED) is 0.865. The minimum Gasteiger partial charge on any atom is -0.384 e. The molecule has 3 heteroatoms. The molecule has 0 fully saturated rings. The first-order valence-electron chi connectivity index (χ1n) is 6.09. The first-order chi connectivity index (χ1) is 8.58. The second-order valence-corrected chi connectivity index (χ2v) is 5.07. The number of hydrogen-bond acceptors (Lipinski definition) is 3. The summed E-state index contributed by atoms with van der Waals surface area (Å²) in [6.45, 7) is 5.29. The fraction of sp³-hybridized carbons (Fsp3) is 0.267. The molecule has 0 aliphatic carbocycles. The molecule has 0 unspecified atom stereocenters. The molecule has 0 amide bonds. The maximum atomic E-state index is 5.66. The van der Waals surface area contributed by atoms with Crippen LogP contribution in [0.4, 0.5) is 11.5 Å². The van der Waals surface area contributed by atoms with Gasteiger partial charge >= 0.3 is 0 Å². The van der Waals surface area contributed by atoms with Crippen molar-refractivity contribution in [2.45, 2.75) is 19.3 Å². The Morgan fingerprint density at radius 3 is 2.56 bits per heavy atom. The van der Waals surface area contributed by atoms with Gasteiger partial charge in [0.25, 0.3) is 0 Å². The van der Waals surface area contributed by atoms with Crippen LogP contribution in [0.2, 0.25) is 0 Å². The molecule has 94 valence electrons. The molecule has 1 heterocycles. The molecule has 0 radical (unpaired) electrons. The van der Waals surface area contributed by atoms with Crippen LogP contribution in [0.1, 0.15) is 19.4 Å². The summed E-state index contributed by atoms with van der Waals surface area (Å²) in [6.07, 6.45) is 1.72. The lowest BCUT2D eigenvalue weighted by Gasteiger charge is -2.26. The van der Waals surface area contributed by atoms with Crippen LogP contribution < -0.4 is 11.1 Å². The first kappa shape index (κ1) is 12.4. The highest BCUT2D eigenvalue weighted by molar-refractivity contribution is 5.50. The number of nitrogens with one attached hydrogen (secondary N) is 1. The van der Waals surface area contributed by atoms with E-state index in [2.05, 4.69) is 48.4 Å². The van der Waals surface area contributed by atoms with Crippen molar-refractivity contribution in [1.82, 2.24) is 4.98 Å². The van der Waals surface area contributed by atoms with Gasteiger partial charge in [-0.2, -0.15) is 0 Å². The van der Waals surface area contributed by atoms with Gasteiger partial charge in [-0.15, -0.1) is 0 Å². The third-order valence-electron chi connectivity index (χ3n) is 3.07. The smallest absolute Gasteiger partial charge is 0.125 e. The second kappa shape index (κ2) is 5.08. The molecule has 0 aliphatic rings. The zero-order chi connectivity index (χ0) is 13.0. The van der Waals surface area contributed by atoms with Crippen LogP contribution in [0, 0.1) is 0 Å². The minimum absolute atomic E-state index is 0.0687.